The van der Waals surface area contributed by atoms with Gasteiger partial charge in [0.05, 0.1) is 26.7 Å². The molecule has 1 saturated heterocycles. The van der Waals surface area contributed by atoms with Gasteiger partial charge in [-0.05, 0) is 79.3 Å². The summed E-state index contributed by atoms with van der Waals surface area (Å²) in [6.45, 7) is 4.93. The maximum atomic E-state index is 13.4. The van der Waals surface area contributed by atoms with Gasteiger partial charge in [0, 0.05) is 19.3 Å². The second-order valence-electron chi connectivity index (χ2n) is 8.70. The third kappa shape index (κ3) is 4.04. The summed E-state index contributed by atoms with van der Waals surface area (Å²) in [5, 5.41) is 7.09. The quantitative estimate of drug-likeness (QED) is 0.557. The number of rotatable bonds is 4. The Morgan fingerprint density at radius 3 is 2.43 bits per heavy atom. The Morgan fingerprint density at radius 1 is 1.20 bits per heavy atom. The fourth-order valence-electron chi connectivity index (χ4n) is 4.49. The van der Waals surface area contributed by atoms with E-state index in [2.05, 4.69) is 33.0 Å². The van der Waals surface area contributed by atoms with E-state index in [4.69, 9.17) is 0 Å². The minimum absolute atomic E-state index is 0.331. The van der Waals surface area contributed by atoms with Crippen LogP contribution >= 0.6 is 22.6 Å². The molecule has 2 aromatic rings. The van der Waals surface area contributed by atoms with Crippen molar-refractivity contribution in [3.05, 3.63) is 39.7 Å². The number of nitrogens with one attached hydrogen (secondary N) is 1. The van der Waals surface area contributed by atoms with E-state index in [1.165, 1.54) is 18.6 Å². The highest BCUT2D eigenvalue weighted by Gasteiger charge is 2.39. The molecule has 9 heteroatoms. The van der Waals surface area contributed by atoms with Crippen molar-refractivity contribution in [2.24, 2.45) is 11.8 Å². The van der Waals surface area contributed by atoms with Crippen LogP contribution in [0.25, 0.3) is 0 Å². The van der Waals surface area contributed by atoms with Crippen molar-refractivity contribution in [3.63, 3.8) is 0 Å². The molecule has 1 amide bonds. The Bertz CT molecular complexity index is 944. The Morgan fingerprint density at radius 2 is 1.87 bits per heavy atom. The average Bonchev–Trinajstić information content (AvgIpc) is 3.37. The second kappa shape index (κ2) is 7.72. The van der Waals surface area contributed by atoms with Crippen molar-refractivity contribution in [2.45, 2.75) is 44.8 Å². The Labute approximate surface area is 187 Å². The Balaban J connectivity index is 1.64. The molecule has 2 aliphatic rings. The summed E-state index contributed by atoms with van der Waals surface area (Å²) in [4.78, 5) is 15.1. The number of carbonyl (C=O) groups is 1. The largest absolute Gasteiger partial charge is 0.416 e. The molecule has 0 spiro atoms. The Hall–Kier alpha value is -1.78. The molecule has 162 valence electrons. The van der Waals surface area contributed by atoms with E-state index in [1.54, 1.807) is 30.9 Å². The minimum Gasteiger partial charge on any atom is -0.369 e. The van der Waals surface area contributed by atoms with Gasteiger partial charge in [-0.2, -0.15) is 18.3 Å². The van der Waals surface area contributed by atoms with Crippen molar-refractivity contribution in [3.8, 4) is 0 Å². The first-order valence-electron chi connectivity index (χ1n) is 10.0. The van der Waals surface area contributed by atoms with Gasteiger partial charge < -0.3 is 10.2 Å². The lowest BCUT2D eigenvalue weighted by Gasteiger charge is -2.28. The molecule has 2 fully saturated rings. The molecule has 1 aromatic heterocycles. The third-order valence-electron chi connectivity index (χ3n) is 6.32. The molecular formula is C21H24F3IN4O. The smallest absolute Gasteiger partial charge is 0.369 e. The summed E-state index contributed by atoms with van der Waals surface area (Å²) in [5.41, 5.74) is -0.847. The van der Waals surface area contributed by atoms with E-state index in [0.717, 1.165) is 35.6 Å². The highest BCUT2D eigenvalue weighted by Crippen LogP contribution is 2.43. The molecule has 0 radical (unpaired) electrons. The zero-order chi connectivity index (χ0) is 21.7. The topological polar surface area (TPSA) is 50.2 Å². The molecule has 1 aliphatic carbocycles. The number of alkyl halides is 3. The predicted molar refractivity (Wildman–Crippen MR) is 117 cm³/mol. The van der Waals surface area contributed by atoms with Crippen LogP contribution in [0.1, 0.15) is 38.7 Å². The molecule has 0 bridgehead atoms. The zero-order valence-electron chi connectivity index (χ0n) is 16.8. The Kier molecular flexibility index (Phi) is 5.52. The molecule has 4 rings (SSSR count). The maximum absolute atomic E-state index is 13.4. The van der Waals surface area contributed by atoms with Crippen LogP contribution in [0.15, 0.2) is 30.6 Å². The summed E-state index contributed by atoms with van der Waals surface area (Å²) in [6, 6.07) is 3.56. The summed E-state index contributed by atoms with van der Waals surface area (Å²) in [5.74, 6) is 0.707. The van der Waals surface area contributed by atoms with Crippen LogP contribution in [-0.2, 0) is 16.5 Å². The lowest BCUT2D eigenvalue weighted by Crippen LogP contribution is -2.41. The van der Waals surface area contributed by atoms with E-state index >= 15 is 0 Å². The number of benzene rings is 1. The van der Waals surface area contributed by atoms with Crippen LogP contribution in [0.3, 0.4) is 0 Å². The highest BCUT2D eigenvalue weighted by atomic mass is 127. The predicted octanol–water partition coefficient (Wildman–Crippen LogP) is 5.12. The van der Waals surface area contributed by atoms with Crippen molar-refractivity contribution in [2.75, 3.05) is 23.3 Å². The van der Waals surface area contributed by atoms with Crippen LogP contribution < -0.4 is 10.2 Å². The van der Waals surface area contributed by atoms with Crippen molar-refractivity contribution < 1.29 is 18.0 Å². The van der Waals surface area contributed by atoms with Gasteiger partial charge >= 0.3 is 6.18 Å². The average molecular weight is 532 g/mol. The van der Waals surface area contributed by atoms with Crippen molar-refractivity contribution in [1.82, 2.24) is 9.78 Å². The number of carbonyl (C=O) groups excluding carboxylic acids is 1. The molecule has 2 heterocycles. The number of hydrogen-bond acceptors (Lipinski definition) is 3. The highest BCUT2D eigenvalue weighted by molar-refractivity contribution is 14.1. The molecule has 2 atom stereocenters. The van der Waals surface area contributed by atoms with Gasteiger partial charge in [0.2, 0.25) is 0 Å². The molecule has 1 N–H and O–H groups in total. The molecule has 1 aliphatic heterocycles. The van der Waals surface area contributed by atoms with Gasteiger partial charge in [-0.1, -0.05) is 6.42 Å². The number of nitrogens with zero attached hydrogens (tertiary/aromatic N) is 3. The van der Waals surface area contributed by atoms with E-state index in [9.17, 15) is 18.0 Å². The first-order chi connectivity index (χ1) is 14.1. The molecule has 1 aromatic carbocycles. The number of aromatic nitrogens is 2. The summed E-state index contributed by atoms with van der Waals surface area (Å²) < 4.78 is 42.6. The van der Waals surface area contributed by atoms with Crippen molar-refractivity contribution in [1.29, 1.82) is 0 Å². The maximum Gasteiger partial charge on any atom is 0.416 e. The van der Waals surface area contributed by atoms with Gasteiger partial charge in [0.25, 0.3) is 5.91 Å². The lowest BCUT2D eigenvalue weighted by atomic mass is 10.0. The van der Waals surface area contributed by atoms with E-state index < -0.39 is 17.3 Å². The first kappa shape index (κ1) is 21.5. The molecule has 5 nitrogen and oxygen atoms in total. The van der Waals surface area contributed by atoms with Gasteiger partial charge in [-0.3, -0.25) is 9.48 Å². The molecular weight excluding hydrogens is 508 g/mol. The number of halogens is 4. The fourth-order valence-corrected chi connectivity index (χ4v) is 4.88. The van der Waals surface area contributed by atoms with Crippen molar-refractivity contribution >= 4 is 39.9 Å². The van der Waals surface area contributed by atoms with Crippen LogP contribution in [0.4, 0.5) is 24.5 Å². The second-order valence-corrected chi connectivity index (χ2v) is 9.95. The summed E-state index contributed by atoms with van der Waals surface area (Å²) in [6.07, 6.45) is 2.40. The molecule has 1 saturated carbocycles. The number of anilines is 2. The summed E-state index contributed by atoms with van der Waals surface area (Å²) >= 11 is 2.11. The number of fused-ring (bicyclic) bond motifs is 1. The zero-order valence-corrected chi connectivity index (χ0v) is 19.0. The van der Waals surface area contributed by atoms with Gasteiger partial charge in [-0.25, -0.2) is 0 Å². The van der Waals surface area contributed by atoms with Crippen LogP contribution in [0.2, 0.25) is 0 Å². The third-order valence-corrected chi connectivity index (χ3v) is 6.88. The normalized spacial score (nSPS) is 21.7. The van der Waals surface area contributed by atoms with Gasteiger partial charge in [0.15, 0.2) is 0 Å². The summed E-state index contributed by atoms with van der Waals surface area (Å²) in [7, 11) is 0. The monoisotopic (exact) mass is 532 g/mol. The van der Waals surface area contributed by atoms with Crippen LogP contribution in [0.5, 0.6) is 0 Å². The number of amides is 1. The molecule has 2 unspecified atom stereocenters. The van der Waals surface area contributed by atoms with E-state index in [-0.39, 0.29) is 5.91 Å². The van der Waals surface area contributed by atoms with E-state index in [1.807, 2.05) is 4.90 Å². The van der Waals surface area contributed by atoms with Crippen LogP contribution in [-0.4, -0.2) is 28.8 Å². The fraction of sp³-hybridized carbons (Fsp3) is 0.524. The number of hydrogen-bond donors (Lipinski definition) is 1. The lowest BCUT2D eigenvalue weighted by molar-refractivity contribution is -0.137. The molecule has 30 heavy (non-hydrogen) atoms. The first-order valence-corrected chi connectivity index (χ1v) is 11.1. The van der Waals surface area contributed by atoms with E-state index in [0.29, 0.717) is 23.2 Å². The standard InChI is InChI=1S/C21H24F3IN4O/c1-20(2,29-12-16(25)9-26-29)19(30)27-17-7-6-15(21(22,23)24)8-18(17)28-10-13-4-3-5-14(13)11-28/h6-9,12-14H,3-5,10-11H2,1-2H3,(H,27,30). The SMILES string of the molecule is CC(C)(C(=O)Nc1ccc(C(F)(F)F)cc1N1CC2CCCC2C1)n1cc(I)cn1. The van der Waals surface area contributed by atoms with Gasteiger partial charge in [-0.15, -0.1) is 0 Å². The minimum atomic E-state index is -4.43. The van der Waals surface area contributed by atoms with Gasteiger partial charge in [0.1, 0.15) is 5.54 Å². The van der Waals surface area contributed by atoms with Crippen LogP contribution in [0, 0.1) is 15.4 Å².